The molecule has 5 heteroatoms. The lowest BCUT2D eigenvalue weighted by atomic mass is 10.1. The second-order valence-electron chi connectivity index (χ2n) is 4.38. The number of hydrogen-bond acceptors (Lipinski definition) is 4. The second-order valence-corrected chi connectivity index (χ2v) is 6.24. The van der Waals surface area contributed by atoms with E-state index in [-0.39, 0.29) is 12.6 Å². The fourth-order valence-corrected chi connectivity index (χ4v) is 2.92. The van der Waals surface area contributed by atoms with Crippen LogP contribution in [0.3, 0.4) is 0 Å². The zero-order valence-electron chi connectivity index (χ0n) is 11.3. The van der Waals surface area contributed by atoms with Gasteiger partial charge in [0.1, 0.15) is 6.61 Å². The van der Waals surface area contributed by atoms with E-state index in [0.29, 0.717) is 12.8 Å². The van der Waals surface area contributed by atoms with Crippen LogP contribution < -0.4 is 0 Å². The Morgan fingerprint density at radius 2 is 2.30 bits per heavy atom. The molecule has 0 saturated carbocycles. The summed E-state index contributed by atoms with van der Waals surface area (Å²) in [4.78, 5) is 16.1. The first-order valence-corrected chi connectivity index (χ1v) is 8.18. The van der Waals surface area contributed by atoms with E-state index in [1.165, 1.54) is 0 Å². The maximum Gasteiger partial charge on any atom is 0.306 e. The molecule has 0 bridgehead atoms. The number of rotatable bonds is 6. The van der Waals surface area contributed by atoms with Gasteiger partial charge in [0, 0.05) is 16.3 Å². The molecular formula is C15H16BrNO2S. The third-order valence-electron chi connectivity index (χ3n) is 2.79. The number of aryl methyl sites for hydroxylation is 2. The van der Waals surface area contributed by atoms with Crippen LogP contribution in [0.25, 0.3) is 0 Å². The van der Waals surface area contributed by atoms with Crippen LogP contribution in [0.15, 0.2) is 34.1 Å². The third-order valence-corrected chi connectivity index (χ3v) is 4.32. The number of aromatic nitrogens is 1. The maximum absolute atomic E-state index is 11.7. The predicted molar refractivity (Wildman–Crippen MR) is 83.8 cm³/mol. The fourth-order valence-electron chi connectivity index (χ4n) is 1.74. The van der Waals surface area contributed by atoms with E-state index in [2.05, 4.69) is 27.8 Å². The van der Waals surface area contributed by atoms with Gasteiger partial charge >= 0.3 is 5.97 Å². The van der Waals surface area contributed by atoms with Gasteiger partial charge in [0.15, 0.2) is 0 Å². The number of ether oxygens (including phenoxy) is 1. The summed E-state index contributed by atoms with van der Waals surface area (Å²) in [5, 5.41) is 3.02. The number of halogens is 1. The Labute approximate surface area is 131 Å². The number of esters is 1. The molecule has 0 radical (unpaired) electrons. The normalized spacial score (nSPS) is 10.5. The summed E-state index contributed by atoms with van der Waals surface area (Å²) < 4.78 is 6.26. The average molecular weight is 354 g/mol. The SMILES string of the molecule is CCc1nc(COC(=O)CCc2cccc(Br)c2)cs1. The van der Waals surface area contributed by atoms with Crippen LogP contribution >= 0.6 is 27.3 Å². The lowest BCUT2D eigenvalue weighted by Gasteiger charge is -2.03. The molecule has 106 valence electrons. The van der Waals surface area contributed by atoms with Crippen LogP contribution in [0.2, 0.25) is 0 Å². The molecule has 0 aliphatic carbocycles. The van der Waals surface area contributed by atoms with E-state index in [9.17, 15) is 4.79 Å². The first-order chi connectivity index (χ1) is 9.67. The van der Waals surface area contributed by atoms with Gasteiger partial charge in [-0.2, -0.15) is 0 Å². The summed E-state index contributed by atoms with van der Waals surface area (Å²) in [6, 6.07) is 7.95. The van der Waals surface area contributed by atoms with Crippen molar-refractivity contribution in [3.63, 3.8) is 0 Å². The number of hydrogen-bond donors (Lipinski definition) is 0. The van der Waals surface area contributed by atoms with Crippen molar-refractivity contribution in [3.05, 3.63) is 50.4 Å². The molecule has 0 N–H and O–H groups in total. The molecular weight excluding hydrogens is 338 g/mol. The first-order valence-electron chi connectivity index (χ1n) is 6.50. The number of carbonyl (C=O) groups excluding carboxylic acids is 1. The van der Waals surface area contributed by atoms with Gasteiger partial charge in [-0.3, -0.25) is 4.79 Å². The molecule has 2 rings (SSSR count). The molecule has 1 aromatic heterocycles. The van der Waals surface area contributed by atoms with Crippen LogP contribution in [0.4, 0.5) is 0 Å². The van der Waals surface area contributed by atoms with Gasteiger partial charge in [0.2, 0.25) is 0 Å². The largest absolute Gasteiger partial charge is 0.459 e. The van der Waals surface area contributed by atoms with Crippen molar-refractivity contribution in [1.82, 2.24) is 4.98 Å². The fraction of sp³-hybridized carbons (Fsp3) is 0.333. The average Bonchev–Trinajstić information content (AvgIpc) is 2.91. The van der Waals surface area contributed by atoms with Crippen molar-refractivity contribution >= 4 is 33.2 Å². The highest BCUT2D eigenvalue weighted by Gasteiger charge is 2.06. The number of benzene rings is 1. The number of nitrogens with zero attached hydrogens (tertiary/aromatic N) is 1. The molecule has 0 aliphatic rings. The van der Waals surface area contributed by atoms with Gasteiger partial charge < -0.3 is 4.74 Å². The summed E-state index contributed by atoms with van der Waals surface area (Å²) in [6.07, 6.45) is 2.00. The third kappa shape index (κ3) is 4.72. The molecule has 20 heavy (non-hydrogen) atoms. The van der Waals surface area contributed by atoms with Crippen LogP contribution in [0.5, 0.6) is 0 Å². The van der Waals surface area contributed by atoms with E-state index in [0.717, 1.165) is 27.2 Å². The van der Waals surface area contributed by atoms with Crippen molar-refractivity contribution < 1.29 is 9.53 Å². The highest BCUT2D eigenvalue weighted by molar-refractivity contribution is 9.10. The molecule has 0 atom stereocenters. The highest BCUT2D eigenvalue weighted by Crippen LogP contribution is 2.14. The minimum atomic E-state index is -0.184. The van der Waals surface area contributed by atoms with Gasteiger partial charge in [-0.05, 0) is 30.5 Å². The van der Waals surface area contributed by atoms with E-state index in [1.54, 1.807) is 11.3 Å². The number of carbonyl (C=O) groups is 1. The zero-order valence-corrected chi connectivity index (χ0v) is 13.7. The van der Waals surface area contributed by atoms with E-state index in [1.807, 2.05) is 29.6 Å². The van der Waals surface area contributed by atoms with Gasteiger partial charge in [-0.1, -0.05) is 35.0 Å². The number of thiazole rings is 1. The smallest absolute Gasteiger partial charge is 0.306 e. The van der Waals surface area contributed by atoms with Crippen molar-refractivity contribution in [2.75, 3.05) is 0 Å². The van der Waals surface area contributed by atoms with E-state index < -0.39 is 0 Å². The molecule has 1 aromatic carbocycles. The Morgan fingerprint density at radius 1 is 1.45 bits per heavy atom. The molecule has 0 unspecified atom stereocenters. The van der Waals surface area contributed by atoms with Gasteiger partial charge in [-0.15, -0.1) is 11.3 Å². The van der Waals surface area contributed by atoms with Crippen molar-refractivity contribution in [2.45, 2.75) is 32.8 Å². The molecule has 0 spiro atoms. The monoisotopic (exact) mass is 353 g/mol. The Balaban J connectivity index is 1.75. The predicted octanol–water partition coefficient (Wildman–Crippen LogP) is 4.14. The lowest BCUT2D eigenvalue weighted by Crippen LogP contribution is -2.06. The topological polar surface area (TPSA) is 39.2 Å². The standard InChI is InChI=1S/C15H16BrNO2S/c1-2-14-17-13(10-20-14)9-19-15(18)7-6-11-4-3-5-12(16)8-11/h3-5,8,10H,2,6-7,9H2,1H3. The Hall–Kier alpha value is -1.20. The molecule has 0 saturated heterocycles. The van der Waals surface area contributed by atoms with Crippen LogP contribution in [-0.4, -0.2) is 11.0 Å². The van der Waals surface area contributed by atoms with E-state index in [4.69, 9.17) is 4.74 Å². The maximum atomic E-state index is 11.7. The van der Waals surface area contributed by atoms with Crippen molar-refractivity contribution in [2.24, 2.45) is 0 Å². The van der Waals surface area contributed by atoms with Crippen LogP contribution in [-0.2, 0) is 29.0 Å². The summed E-state index contributed by atoms with van der Waals surface area (Å²) >= 11 is 5.02. The van der Waals surface area contributed by atoms with Crippen LogP contribution in [0.1, 0.15) is 29.6 Å². The summed E-state index contributed by atoms with van der Waals surface area (Å²) in [6.45, 7) is 2.33. The van der Waals surface area contributed by atoms with Crippen LogP contribution in [0, 0.1) is 0 Å². The lowest BCUT2D eigenvalue weighted by molar-refractivity contribution is -0.145. The molecule has 2 aromatic rings. The quantitative estimate of drug-likeness (QED) is 0.732. The highest BCUT2D eigenvalue weighted by atomic mass is 79.9. The Bertz CT molecular complexity index is 583. The Morgan fingerprint density at radius 3 is 3.00 bits per heavy atom. The molecule has 1 heterocycles. The molecule has 0 amide bonds. The van der Waals surface area contributed by atoms with Gasteiger partial charge in [0.25, 0.3) is 0 Å². The molecule has 3 nitrogen and oxygen atoms in total. The Kier molecular flexibility index (Phi) is 5.73. The van der Waals surface area contributed by atoms with E-state index >= 15 is 0 Å². The molecule has 0 fully saturated rings. The van der Waals surface area contributed by atoms with Gasteiger partial charge in [0.05, 0.1) is 10.7 Å². The van der Waals surface area contributed by atoms with Crippen molar-refractivity contribution in [3.8, 4) is 0 Å². The first kappa shape index (κ1) is 15.2. The summed E-state index contributed by atoms with van der Waals surface area (Å²) in [7, 11) is 0. The summed E-state index contributed by atoms with van der Waals surface area (Å²) in [5.74, 6) is -0.184. The zero-order chi connectivity index (χ0) is 14.4. The minimum Gasteiger partial charge on any atom is -0.459 e. The van der Waals surface area contributed by atoms with Crippen molar-refractivity contribution in [1.29, 1.82) is 0 Å². The molecule has 0 aliphatic heterocycles. The van der Waals surface area contributed by atoms with Gasteiger partial charge in [-0.25, -0.2) is 4.98 Å². The second kappa shape index (κ2) is 7.55. The minimum absolute atomic E-state index is 0.184. The summed E-state index contributed by atoms with van der Waals surface area (Å²) in [5.41, 5.74) is 1.96.